The van der Waals surface area contributed by atoms with Crippen LogP contribution in [0.25, 0.3) is 11.1 Å². The highest BCUT2D eigenvalue weighted by Gasteiger charge is 2.34. The number of hydrogen-bond donors (Lipinski definition) is 3. The van der Waals surface area contributed by atoms with Crippen LogP contribution >= 0.6 is 0 Å². The second kappa shape index (κ2) is 9.68. The Kier molecular flexibility index (Phi) is 6.98. The number of benzene rings is 2. The van der Waals surface area contributed by atoms with Gasteiger partial charge < -0.3 is 20.5 Å². The van der Waals surface area contributed by atoms with Gasteiger partial charge in [0.1, 0.15) is 12.1 Å². The molecule has 1 atom stereocenters. The molecule has 32 heavy (non-hydrogen) atoms. The molecule has 3 rings (SSSR count). The molecule has 2 amide bonds. The van der Waals surface area contributed by atoms with Crippen LogP contribution in [0.2, 0.25) is 0 Å². The topological polar surface area (TPSA) is 105 Å². The summed E-state index contributed by atoms with van der Waals surface area (Å²) in [4.78, 5) is 36.0. The summed E-state index contributed by atoms with van der Waals surface area (Å²) in [7, 11) is 0. The van der Waals surface area contributed by atoms with Gasteiger partial charge in [-0.2, -0.15) is 0 Å². The normalized spacial score (nSPS) is 14.7. The smallest absolute Gasteiger partial charge is 0.408 e. The summed E-state index contributed by atoms with van der Waals surface area (Å²) in [6.45, 7) is 5.04. The van der Waals surface area contributed by atoms with E-state index in [2.05, 4.69) is 22.8 Å². The number of carboxylic acids is 1. The molecule has 0 saturated heterocycles. The predicted molar refractivity (Wildman–Crippen MR) is 121 cm³/mol. The largest absolute Gasteiger partial charge is 0.478 e. The molecule has 1 aliphatic carbocycles. The van der Waals surface area contributed by atoms with Crippen LogP contribution in [-0.2, 0) is 14.3 Å². The Bertz CT molecular complexity index is 1020. The Morgan fingerprint density at radius 2 is 1.62 bits per heavy atom. The van der Waals surface area contributed by atoms with E-state index >= 15 is 0 Å². The van der Waals surface area contributed by atoms with E-state index in [0.717, 1.165) is 22.3 Å². The first kappa shape index (κ1) is 23.1. The molecule has 0 spiro atoms. The molecule has 0 saturated carbocycles. The fourth-order valence-electron chi connectivity index (χ4n) is 3.74. The third-order valence-electron chi connectivity index (χ3n) is 5.94. The first-order chi connectivity index (χ1) is 15.3. The van der Waals surface area contributed by atoms with Gasteiger partial charge in [0.2, 0.25) is 5.91 Å². The molecule has 0 heterocycles. The van der Waals surface area contributed by atoms with Crippen molar-refractivity contribution in [2.75, 3.05) is 13.2 Å². The Balaban J connectivity index is 1.63. The Labute approximate surface area is 187 Å². The lowest BCUT2D eigenvalue weighted by atomic mass is 9.97. The van der Waals surface area contributed by atoms with E-state index in [9.17, 15) is 14.4 Å². The van der Waals surface area contributed by atoms with Gasteiger partial charge in [-0.15, -0.1) is 0 Å². The van der Waals surface area contributed by atoms with Crippen molar-refractivity contribution in [3.8, 4) is 11.1 Å². The number of amides is 2. The molecule has 2 aromatic carbocycles. The summed E-state index contributed by atoms with van der Waals surface area (Å²) >= 11 is 0. The van der Waals surface area contributed by atoms with Crippen molar-refractivity contribution in [1.29, 1.82) is 0 Å². The number of ether oxygens (including phenoxy) is 1. The maximum absolute atomic E-state index is 12.6. The Hall–Kier alpha value is -3.61. The van der Waals surface area contributed by atoms with Crippen molar-refractivity contribution >= 4 is 18.0 Å². The maximum Gasteiger partial charge on any atom is 0.408 e. The zero-order valence-electron chi connectivity index (χ0n) is 18.5. The average Bonchev–Trinajstić information content (AvgIpc) is 3.11. The molecule has 3 N–H and O–H groups in total. The van der Waals surface area contributed by atoms with Gasteiger partial charge in [0, 0.05) is 18.0 Å². The molecule has 7 heteroatoms. The second-order valence-electron chi connectivity index (χ2n) is 8.04. The molecule has 0 aliphatic heterocycles. The van der Waals surface area contributed by atoms with Crippen molar-refractivity contribution in [2.24, 2.45) is 0 Å². The van der Waals surface area contributed by atoms with Crippen LogP contribution in [0.3, 0.4) is 0 Å². The van der Waals surface area contributed by atoms with Crippen molar-refractivity contribution in [3.05, 3.63) is 71.3 Å². The number of alkyl carbamates (subject to hydrolysis) is 1. The highest BCUT2D eigenvalue weighted by Crippen LogP contribution is 2.44. The van der Waals surface area contributed by atoms with Crippen LogP contribution in [0, 0.1) is 0 Å². The third-order valence-corrected chi connectivity index (χ3v) is 5.94. The maximum atomic E-state index is 12.6. The Morgan fingerprint density at radius 1 is 1.06 bits per heavy atom. The number of hydrogen-bond acceptors (Lipinski definition) is 4. The zero-order valence-corrected chi connectivity index (χ0v) is 18.5. The summed E-state index contributed by atoms with van der Waals surface area (Å²) in [5.41, 5.74) is 3.44. The van der Waals surface area contributed by atoms with E-state index in [1.54, 1.807) is 13.8 Å². The molecule has 168 valence electrons. The van der Waals surface area contributed by atoms with Gasteiger partial charge in [-0.3, -0.25) is 4.79 Å². The molecule has 0 bridgehead atoms. The van der Waals surface area contributed by atoms with Crippen LogP contribution in [0.1, 0.15) is 44.2 Å². The van der Waals surface area contributed by atoms with Gasteiger partial charge in [0.05, 0.1) is 0 Å². The van der Waals surface area contributed by atoms with Crippen LogP contribution in [0.5, 0.6) is 0 Å². The highest BCUT2D eigenvalue weighted by atomic mass is 16.5. The quantitative estimate of drug-likeness (QED) is 0.546. The van der Waals surface area contributed by atoms with Crippen molar-refractivity contribution in [1.82, 2.24) is 10.6 Å². The average molecular weight is 437 g/mol. The van der Waals surface area contributed by atoms with Crippen LogP contribution < -0.4 is 10.6 Å². The molecule has 7 nitrogen and oxygen atoms in total. The van der Waals surface area contributed by atoms with Gasteiger partial charge in [-0.1, -0.05) is 61.5 Å². The van der Waals surface area contributed by atoms with E-state index in [1.165, 1.54) is 13.0 Å². The number of fused-ring (bicyclic) bond motifs is 3. The fourth-order valence-corrected chi connectivity index (χ4v) is 3.74. The number of rotatable bonds is 8. The van der Waals surface area contributed by atoms with Crippen molar-refractivity contribution in [2.45, 2.75) is 38.6 Å². The van der Waals surface area contributed by atoms with Crippen LogP contribution in [0.15, 0.2) is 60.2 Å². The molecule has 1 unspecified atom stereocenters. The molecule has 2 aromatic rings. The second-order valence-corrected chi connectivity index (χ2v) is 8.04. The highest BCUT2D eigenvalue weighted by molar-refractivity contribution is 5.90. The minimum atomic E-state index is -1.19. The van der Waals surface area contributed by atoms with Gasteiger partial charge in [0.25, 0.3) is 0 Å². The number of aliphatic carboxylic acids is 1. The zero-order chi connectivity index (χ0) is 23.3. The summed E-state index contributed by atoms with van der Waals surface area (Å²) < 4.78 is 5.54. The third kappa shape index (κ3) is 4.82. The first-order valence-electron chi connectivity index (χ1n) is 10.6. The first-order valence-corrected chi connectivity index (χ1v) is 10.6. The van der Waals surface area contributed by atoms with Crippen molar-refractivity contribution in [3.63, 3.8) is 0 Å². The lowest BCUT2D eigenvalue weighted by Crippen LogP contribution is -2.56. The minimum absolute atomic E-state index is 0.0545. The molecular weight excluding hydrogens is 408 g/mol. The molecule has 1 aliphatic rings. The van der Waals surface area contributed by atoms with E-state index in [4.69, 9.17) is 9.84 Å². The summed E-state index contributed by atoms with van der Waals surface area (Å²) in [5.74, 6) is -1.53. The number of carbonyl (C=O) groups excluding carboxylic acids is 2. The van der Waals surface area contributed by atoms with E-state index in [1.807, 2.05) is 36.4 Å². The lowest BCUT2D eigenvalue weighted by Gasteiger charge is -2.28. The molecule has 0 fully saturated rings. The van der Waals surface area contributed by atoms with E-state index in [0.29, 0.717) is 6.42 Å². The van der Waals surface area contributed by atoms with E-state index in [-0.39, 0.29) is 24.6 Å². The number of nitrogens with one attached hydrogen (secondary N) is 2. The van der Waals surface area contributed by atoms with Gasteiger partial charge >= 0.3 is 12.1 Å². The minimum Gasteiger partial charge on any atom is -0.478 e. The predicted octanol–water partition coefficient (Wildman–Crippen LogP) is 3.84. The molecular formula is C25H28N2O5. The summed E-state index contributed by atoms with van der Waals surface area (Å²) in [6.07, 6.45) is 1.07. The van der Waals surface area contributed by atoms with E-state index < -0.39 is 23.5 Å². The SMILES string of the molecule is CCC(C)(NC(=O)OCC1c2ccccc2-c2ccccc21)C(=O)NC/C=C(\C)C(=O)O. The number of carboxylic acid groups (broad SMARTS) is 1. The van der Waals surface area contributed by atoms with Gasteiger partial charge in [-0.05, 0) is 42.5 Å². The van der Waals surface area contributed by atoms with Crippen LogP contribution in [-0.4, -0.2) is 41.8 Å². The summed E-state index contributed by atoms with van der Waals surface area (Å²) in [5, 5.41) is 14.2. The Morgan fingerprint density at radius 3 is 2.16 bits per heavy atom. The van der Waals surface area contributed by atoms with Gasteiger partial charge in [0.15, 0.2) is 0 Å². The number of carbonyl (C=O) groups is 3. The lowest BCUT2D eigenvalue weighted by molar-refractivity contribution is -0.132. The fraction of sp³-hybridized carbons (Fsp3) is 0.320. The monoisotopic (exact) mass is 436 g/mol. The molecule has 0 radical (unpaired) electrons. The van der Waals surface area contributed by atoms with Crippen molar-refractivity contribution < 1.29 is 24.2 Å². The van der Waals surface area contributed by atoms with Gasteiger partial charge in [-0.25, -0.2) is 9.59 Å². The van der Waals surface area contributed by atoms with Crippen LogP contribution in [0.4, 0.5) is 4.79 Å². The molecule has 0 aromatic heterocycles. The standard InChI is InChI=1S/C25H28N2O5/c1-4-25(3,23(30)26-14-13-16(2)22(28)29)27-24(31)32-15-21-19-11-7-5-9-17(19)18-10-6-8-12-20(18)21/h5-13,21H,4,14-15H2,1-3H3,(H,26,30)(H,27,31)(H,28,29)/b16-13+. The summed E-state index contributed by atoms with van der Waals surface area (Å²) in [6, 6.07) is 16.1.